The molecule has 0 aliphatic heterocycles. The Morgan fingerprint density at radius 2 is 2.00 bits per heavy atom. The van der Waals surface area contributed by atoms with Crippen molar-refractivity contribution in [2.24, 2.45) is 0 Å². The van der Waals surface area contributed by atoms with Gasteiger partial charge in [0.2, 0.25) is 0 Å². The summed E-state index contributed by atoms with van der Waals surface area (Å²) >= 11 is 0. The molecule has 1 aromatic rings. The van der Waals surface area contributed by atoms with Crippen LogP contribution in [-0.2, 0) is 0 Å². The smallest absolute Gasteiger partial charge is 0.272 e. The maximum Gasteiger partial charge on any atom is 0.272 e. The number of hydrogen-bond acceptors (Lipinski definition) is 4. The third-order valence-corrected chi connectivity index (χ3v) is 3.27. The molecule has 0 heterocycles. The van der Waals surface area contributed by atoms with E-state index in [1.54, 1.807) is 19.1 Å². The largest absolute Gasteiger partial charge is 0.385 e. The van der Waals surface area contributed by atoms with Crippen LogP contribution in [0, 0.1) is 17.0 Å². The summed E-state index contributed by atoms with van der Waals surface area (Å²) in [6.07, 6.45) is 1.07. The first-order valence-electron chi connectivity index (χ1n) is 6.79. The number of rotatable bonds is 8. The van der Waals surface area contributed by atoms with Crippen molar-refractivity contribution in [3.63, 3.8) is 0 Å². The maximum atomic E-state index is 10.7. The van der Waals surface area contributed by atoms with E-state index in [1.807, 2.05) is 6.07 Å². The zero-order valence-electron chi connectivity index (χ0n) is 12.0. The molecule has 0 fully saturated rings. The van der Waals surface area contributed by atoms with Crippen molar-refractivity contribution in [2.45, 2.75) is 27.2 Å². The molecule has 0 saturated carbocycles. The molecule has 0 amide bonds. The normalized spacial score (nSPS) is 10.7. The van der Waals surface area contributed by atoms with Crippen molar-refractivity contribution >= 4 is 11.4 Å². The molecule has 1 aromatic carbocycles. The minimum Gasteiger partial charge on any atom is -0.385 e. The van der Waals surface area contributed by atoms with E-state index in [0.29, 0.717) is 5.56 Å². The molecule has 0 unspecified atom stereocenters. The van der Waals surface area contributed by atoms with E-state index in [1.165, 1.54) is 0 Å². The Labute approximate surface area is 114 Å². The molecule has 0 bridgehead atoms. The highest BCUT2D eigenvalue weighted by Crippen LogP contribution is 2.21. The van der Waals surface area contributed by atoms with E-state index in [9.17, 15) is 10.1 Å². The number of anilines is 1. The predicted octanol–water partition coefficient (Wildman–Crippen LogP) is 3.05. The van der Waals surface area contributed by atoms with Crippen LogP contribution < -0.4 is 5.32 Å². The summed E-state index contributed by atoms with van der Waals surface area (Å²) in [5.41, 5.74) is 1.81. The molecule has 0 spiro atoms. The monoisotopic (exact) mass is 265 g/mol. The van der Waals surface area contributed by atoms with Gasteiger partial charge in [0.25, 0.3) is 5.69 Å². The fraction of sp³-hybridized carbons (Fsp3) is 0.571. The standard InChI is InChI=1S/C14H23N3O2/c1-4-16(5-2)10-6-9-15-13-7-8-14(17(18)19)12(3)11-13/h7-8,11,15H,4-6,9-10H2,1-3H3. The van der Waals surface area contributed by atoms with Crippen LogP contribution in [-0.4, -0.2) is 36.0 Å². The van der Waals surface area contributed by atoms with E-state index < -0.39 is 0 Å². The van der Waals surface area contributed by atoms with Crippen molar-refractivity contribution in [1.29, 1.82) is 0 Å². The quantitative estimate of drug-likeness (QED) is 0.446. The number of nitrogens with zero attached hydrogens (tertiary/aromatic N) is 2. The van der Waals surface area contributed by atoms with E-state index in [-0.39, 0.29) is 10.6 Å². The van der Waals surface area contributed by atoms with Gasteiger partial charge in [-0.2, -0.15) is 0 Å². The maximum absolute atomic E-state index is 10.7. The molecular formula is C14H23N3O2. The first kappa shape index (κ1) is 15.4. The topological polar surface area (TPSA) is 58.4 Å². The molecule has 0 aliphatic rings. The second-order valence-electron chi connectivity index (χ2n) is 4.57. The summed E-state index contributed by atoms with van der Waals surface area (Å²) < 4.78 is 0. The van der Waals surface area contributed by atoms with Gasteiger partial charge in [-0.3, -0.25) is 10.1 Å². The van der Waals surface area contributed by atoms with Crippen LogP contribution in [0.1, 0.15) is 25.8 Å². The van der Waals surface area contributed by atoms with Crippen LogP contribution >= 0.6 is 0 Å². The van der Waals surface area contributed by atoms with Gasteiger partial charge in [0.1, 0.15) is 0 Å². The third-order valence-electron chi connectivity index (χ3n) is 3.27. The molecule has 1 N–H and O–H groups in total. The number of hydrogen-bond donors (Lipinski definition) is 1. The van der Waals surface area contributed by atoms with Crippen molar-refractivity contribution in [3.05, 3.63) is 33.9 Å². The molecule has 0 atom stereocenters. The van der Waals surface area contributed by atoms with Gasteiger partial charge in [0.15, 0.2) is 0 Å². The Morgan fingerprint density at radius 3 is 2.53 bits per heavy atom. The number of nitro benzene ring substituents is 1. The molecule has 0 aliphatic carbocycles. The molecule has 0 radical (unpaired) electrons. The molecule has 19 heavy (non-hydrogen) atoms. The minimum atomic E-state index is -0.348. The summed E-state index contributed by atoms with van der Waals surface area (Å²) in [5.74, 6) is 0. The van der Waals surface area contributed by atoms with E-state index in [4.69, 9.17) is 0 Å². The van der Waals surface area contributed by atoms with Crippen molar-refractivity contribution in [2.75, 3.05) is 31.5 Å². The Hall–Kier alpha value is -1.62. The Morgan fingerprint density at radius 1 is 1.32 bits per heavy atom. The Kier molecular flexibility index (Phi) is 6.29. The average molecular weight is 265 g/mol. The highest BCUT2D eigenvalue weighted by Gasteiger charge is 2.09. The lowest BCUT2D eigenvalue weighted by atomic mass is 10.2. The first-order chi connectivity index (χ1) is 9.08. The number of aryl methyl sites for hydroxylation is 1. The van der Waals surface area contributed by atoms with Gasteiger partial charge in [-0.15, -0.1) is 0 Å². The molecule has 0 saturated heterocycles. The fourth-order valence-corrected chi connectivity index (χ4v) is 2.05. The molecule has 0 aromatic heterocycles. The second kappa shape index (κ2) is 7.74. The van der Waals surface area contributed by atoms with Crippen LogP contribution in [0.15, 0.2) is 18.2 Å². The van der Waals surface area contributed by atoms with Crippen LogP contribution in [0.3, 0.4) is 0 Å². The molecule has 5 heteroatoms. The van der Waals surface area contributed by atoms with Gasteiger partial charge in [-0.25, -0.2) is 0 Å². The van der Waals surface area contributed by atoms with Crippen molar-refractivity contribution in [3.8, 4) is 0 Å². The van der Waals surface area contributed by atoms with E-state index in [2.05, 4.69) is 24.1 Å². The van der Waals surface area contributed by atoms with Crippen LogP contribution in [0.5, 0.6) is 0 Å². The molecule has 106 valence electrons. The average Bonchev–Trinajstić information content (AvgIpc) is 2.38. The summed E-state index contributed by atoms with van der Waals surface area (Å²) in [4.78, 5) is 12.7. The highest BCUT2D eigenvalue weighted by molar-refractivity contribution is 5.53. The number of benzene rings is 1. The summed E-state index contributed by atoms with van der Waals surface area (Å²) in [6, 6.07) is 5.15. The van der Waals surface area contributed by atoms with Crippen molar-refractivity contribution in [1.82, 2.24) is 4.90 Å². The predicted molar refractivity (Wildman–Crippen MR) is 78.7 cm³/mol. The van der Waals surface area contributed by atoms with E-state index in [0.717, 1.165) is 38.3 Å². The van der Waals surface area contributed by atoms with Crippen molar-refractivity contribution < 1.29 is 4.92 Å². The minimum absolute atomic E-state index is 0.175. The molecule has 5 nitrogen and oxygen atoms in total. The lowest BCUT2D eigenvalue weighted by Gasteiger charge is -2.18. The van der Waals surface area contributed by atoms with Gasteiger partial charge in [0.05, 0.1) is 4.92 Å². The van der Waals surface area contributed by atoms with Gasteiger partial charge >= 0.3 is 0 Å². The second-order valence-corrected chi connectivity index (χ2v) is 4.57. The first-order valence-corrected chi connectivity index (χ1v) is 6.79. The van der Waals surface area contributed by atoms with Gasteiger partial charge in [-0.05, 0) is 45.1 Å². The molecule has 1 rings (SSSR count). The van der Waals surface area contributed by atoms with Crippen LogP contribution in [0.25, 0.3) is 0 Å². The third kappa shape index (κ3) is 4.87. The fourth-order valence-electron chi connectivity index (χ4n) is 2.05. The number of nitrogens with one attached hydrogen (secondary N) is 1. The summed E-state index contributed by atoms with van der Waals surface area (Å²) in [6.45, 7) is 10.2. The van der Waals surface area contributed by atoms with Crippen LogP contribution in [0.4, 0.5) is 11.4 Å². The zero-order chi connectivity index (χ0) is 14.3. The Bertz CT molecular complexity index is 417. The number of nitro groups is 1. The summed E-state index contributed by atoms with van der Waals surface area (Å²) in [5, 5.41) is 14.0. The SMILES string of the molecule is CCN(CC)CCCNc1ccc([N+](=O)[O-])c(C)c1. The molecular weight excluding hydrogens is 242 g/mol. The summed E-state index contributed by atoms with van der Waals surface area (Å²) in [7, 11) is 0. The lowest BCUT2D eigenvalue weighted by molar-refractivity contribution is -0.385. The van der Waals surface area contributed by atoms with E-state index >= 15 is 0 Å². The van der Waals surface area contributed by atoms with Gasteiger partial charge in [0, 0.05) is 23.9 Å². The van der Waals surface area contributed by atoms with Crippen LogP contribution in [0.2, 0.25) is 0 Å². The van der Waals surface area contributed by atoms with Gasteiger partial charge in [-0.1, -0.05) is 13.8 Å². The highest BCUT2D eigenvalue weighted by atomic mass is 16.6. The Balaban J connectivity index is 2.42. The lowest BCUT2D eigenvalue weighted by Crippen LogP contribution is -2.25. The van der Waals surface area contributed by atoms with Gasteiger partial charge < -0.3 is 10.2 Å². The zero-order valence-corrected chi connectivity index (χ0v) is 12.0.